The number of hydrogen-bond donors (Lipinski definition) is 0. The van der Waals surface area contributed by atoms with E-state index in [9.17, 15) is 4.80 Å². The molecule has 0 aliphatic carbocycles. The normalized spacial score (nSPS) is 12.5. The highest BCUT2D eigenvalue weighted by Crippen LogP contribution is 2.28. The van der Waals surface area contributed by atoms with E-state index in [1.165, 1.54) is 135 Å². The third-order valence-electron chi connectivity index (χ3n) is 7.99. The highest BCUT2D eigenvalue weighted by Gasteiger charge is 2.31. The van der Waals surface area contributed by atoms with Gasteiger partial charge in [-0.3, -0.25) is 4.80 Å². The average molecular weight is 510 g/mol. The molecule has 0 saturated carbocycles. The fraction of sp³-hybridized carbons (Fsp3) is 1.00. The van der Waals surface area contributed by atoms with Gasteiger partial charge in [-0.05, 0) is 35.9 Å². The van der Waals surface area contributed by atoms with Crippen LogP contribution in [0.25, 0.3) is 0 Å². The van der Waals surface area contributed by atoms with Crippen LogP contribution in [-0.4, -0.2) is 8.32 Å². The van der Waals surface area contributed by atoms with Crippen LogP contribution in [0.15, 0.2) is 0 Å². The third-order valence-corrected chi connectivity index (χ3v) is 11.8. The van der Waals surface area contributed by atoms with Gasteiger partial charge in [0.2, 0.25) is 8.32 Å². The number of hydrogen-bond acceptors (Lipinski definition) is 0. The van der Waals surface area contributed by atoms with Gasteiger partial charge in [0, 0.05) is 0 Å². The Kier molecular flexibility index (Phi) is 24.6. The molecule has 0 heterocycles. The van der Waals surface area contributed by atoms with Crippen molar-refractivity contribution < 1.29 is 4.80 Å². The molecule has 1 nitrogen and oxygen atoms in total. The van der Waals surface area contributed by atoms with Crippen LogP contribution in [0.5, 0.6) is 0 Å². The maximum atomic E-state index is 13.9. The Labute approximate surface area is 225 Å². The molecule has 0 aromatic heterocycles. The Hall–Kier alpha value is 0.177. The largest absolute Gasteiger partial charge is 0.297 e. The van der Waals surface area contributed by atoms with Crippen molar-refractivity contribution in [1.82, 2.24) is 0 Å². The molecule has 0 aromatic carbocycles. The highest BCUT2D eigenvalue weighted by atomic mass is 28.4. The summed E-state index contributed by atoms with van der Waals surface area (Å²) in [4.78, 5) is 13.9. The fourth-order valence-corrected chi connectivity index (χ4v) is 8.93. The molecule has 2 heteroatoms. The zero-order valence-electron chi connectivity index (χ0n) is 25.6. The first-order valence-corrected chi connectivity index (χ1v) is 19.0. The van der Waals surface area contributed by atoms with Crippen molar-refractivity contribution in [3.63, 3.8) is 0 Å². The van der Waals surface area contributed by atoms with Gasteiger partial charge >= 0.3 is 0 Å². The quantitative estimate of drug-likeness (QED) is 0.0774. The molecule has 0 spiro atoms. The van der Waals surface area contributed by atoms with Crippen LogP contribution >= 0.6 is 0 Å². The Balaban J connectivity index is 4.11. The molecule has 0 atom stereocenters. The molecule has 0 rings (SSSR count). The van der Waals surface area contributed by atoms with E-state index in [-0.39, 0.29) is 0 Å². The minimum atomic E-state index is -2.27. The van der Waals surface area contributed by atoms with Crippen LogP contribution in [0.4, 0.5) is 0 Å². The van der Waals surface area contributed by atoms with Crippen LogP contribution in [0, 0.1) is 17.8 Å². The van der Waals surface area contributed by atoms with Crippen molar-refractivity contribution in [2.75, 3.05) is 0 Å². The summed E-state index contributed by atoms with van der Waals surface area (Å²) in [5, 5.41) is 0. The molecular weight excluding hydrogens is 440 g/mol. The van der Waals surface area contributed by atoms with Gasteiger partial charge in [-0.15, -0.1) is 0 Å². The van der Waals surface area contributed by atoms with Crippen molar-refractivity contribution in [3.8, 4) is 0 Å². The van der Waals surface area contributed by atoms with Gasteiger partial charge < -0.3 is 0 Å². The minimum Gasteiger partial charge on any atom is -0.297 e. The Bertz CT molecular complexity index is 358. The monoisotopic (exact) mass is 510 g/mol. The van der Waals surface area contributed by atoms with Gasteiger partial charge in [0.1, 0.15) is 0 Å². The minimum absolute atomic E-state index is 0.849. The summed E-state index contributed by atoms with van der Waals surface area (Å²) >= 11 is 0. The Morgan fingerprint density at radius 1 is 0.343 bits per heavy atom. The maximum absolute atomic E-state index is 13.9. The van der Waals surface area contributed by atoms with Gasteiger partial charge in [-0.2, -0.15) is 0 Å². The van der Waals surface area contributed by atoms with E-state index in [0.29, 0.717) is 0 Å². The van der Waals surface area contributed by atoms with E-state index in [2.05, 4.69) is 41.5 Å². The molecule has 0 N–H and O–H groups in total. The molecule has 0 bridgehead atoms. The summed E-state index contributed by atoms with van der Waals surface area (Å²) in [6.07, 6.45) is 28.3. The van der Waals surface area contributed by atoms with Crippen LogP contribution in [-0.2, 0) is 4.80 Å². The lowest BCUT2D eigenvalue weighted by Gasteiger charge is -2.23. The summed E-state index contributed by atoms with van der Waals surface area (Å²) in [6, 6.07) is 3.21. The van der Waals surface area contributed by atoms with Crippen LogP contribution in [0.1, 0.15) is 176 Å². The number of rotatable bonds is 27. The van der Waals surface area contributed by atoms with Gasteiger partial charge in [-0.25, -0.2) is 0 Å². The van der Waals surface area contributed by atoms with Gasteiger partial charge in [0.05, 0.1) is 0 Å². The average Bonchev–Trinajstić information content (AvgIpc) is 2.78. The van der Waals surface area contributed by atoms with E-state index < -0.39 is 8.32 Å². The van der Waals surface area contributed by atoms with Gasteiger partial charge in [0.15, 0.2) is 0 Å². The predicted molar refractivity (Wildman–Crippen MR) is 162 cm³/mol. The summed E-state index contributed by atoms with van der Waals surface area (Å²) in [5.41, 5.74) is 0. The summed E-state index contributed by atoms with van der Waals surface area (Å²) in [6.45, 7) is 14.0. The molecule has 0 saturated heterocycles. The first kappa shape index (κ1) is 35.2. The molecule has 0 unspecified atom stereocenters. The van der Waals surface area contributed by atoms with Crippen molar-refractivity contribution in [2.45, 2.75) is 195 Å². The highest BCUT2D eigenvalue weighted by molar-refractivity contribution is 6.72. The standard InChI is InChI=1S/C33H69OSi/c1-31(2)25-19-13-7-10-16-22-28-35(34,29-23-17-11-8-14-20-26-32(3)4)30-24-18-12-9-15-21-27-33(5)6/h31-33H,7-30H2,1-6H3. The Morgan fingerprint density at radius 3 is 0.771 bits per heavy atom. The van der Waals surface area contributed by atoms with Crippen LogP contribution < -0.4 is 0 Å². The number of unbranched alkanes of at least 4 members (excludes halogenated alkanes) is 15. The zero-order valence-corrected chi connectivity index (χ0v) is 26.6. The molecule has 0 amide bonds. The van der Waals surface area contributed by atoms with Crippen molar-refractivity contribution in [1.29, 1.82) is 0 Å². The van der Waals surface area contributed by atoms with Crippen LogP contribution in [0.3, 0.4) is 0 Å². The molecule has 1 radical (unpaired) electrons. The predicted octanol–water partition coefficient (Wildman–Crippen LogP) is 12.5. The van der Waals surface area contributed by atoms with Crippen molar-refractivity contribution >= 4 is 8.32 Å². The SMILES string of the molecule is CC(C)CCCCCCCC[Si]([O])(CCCCCCCCC(C)C)CCCCCCCCC(C)C. The lowest BCUT2D eigenvalue weighted by Crippen LogP contribution is -2.32. The third kappa shape index (κ3) is 27.0. The second-order valence-corrected chi connectivity index (χ2v) is 17.2. The first-order chi connectivity index (χ1) is 16.7. The smallest absolute Gasteiger partial charge is 0.237 e. The zero-order chi connectivity index (χ0) is 26.2. The van der Waals surface area contributed by atoms with E-state index in [4.69, 9.17) is 0 Å². The Morgan fingerprint density at radius 2 is 0.543 bits per heavy atom. The molecule has 211 valence electrons. The summed E-state index contributed by atoms with van der Waals surface area (Å²) in [5.74, 6) is 2.55. The lowest BCUT2D eigenvalue weighted by atomic mass is 10.0. The molecular formula is C33H69OSi. The van der Waals surface area contributed by atoms with E-state index in [1.54, 1.807) is 0 Å². The topological polar surface area (TPSA) is 19.9 Å². The lowest BCUT2D eigenvalue weighted by molar-refractivity contribution is 0.397. The van der Waals surface area contributed by atoms with E-state index >= 15 is 0 Å². The van der Waals surface area contributed by atoms with Gasteiger partial charge in [0.25, 0.3) is 0 Å². The first-order valence-electron chi connectivity index (χ1n) is 16.5. The van der Waals surface area contributed by atoms with E-state index in [0.717, 1.165) is 35.9 Å². The maximum Gasteiger partial charge on any atom is 0.237 e. The molecule has 0 aliphatic rings. The second-order valence-electron chi connectivity index (χ2n) is 13.3. The molecule has 35 heavy (non-hydrogen) atoms. The molecule has 0 aromatic rings. The van der Waals surface area contributed by atoms with Gasteiger partial charge in [-0.1, -0.05) is 176 Å². The molecule has 0 aliphatic heterocycles. The second kappa shape index (κ2) is 24.5. The summed E-state index contributed by atoms with van der Waals surface area (Å²) < 4.78 is 0. The fourth-order valence-electron chi connectivity index (χ4n) is 5.50. The van der Waals surface area contributed by atoms with E-state index in [1.807, 2.05) is 0 Å². The summed E-state index contributed by atoms with van der Waals surface area (Å²) in [7, 11) is -2.27. The van der Waals surface area contributed by atoms with Crippen LogP contribution in [0.2, 0.25) is 18.1 Å². The van der Waals surface area contributed by atoms with Crippen molar-refractivity contribution in [2.24, 2.45) is 17.8 Å². The molecule has 0 fully saturated rings. The van der Waals surface area contributed by atoms with Crippen molar-refractivity contribution in [3.05, 3.63) is 0 Å².